The van der Waals surface area contributed by atoms with E-state index in [4.69, 9.17) is 17.3 Å². The maximum atomic E-state index is 6.03. The van der Waals surface area contributed by atoms with Crippen molar-refractivity contribution in [2.75, 3.05) is 31.2 Å². The number of nitrogens with zero attached hydrogens (tertiary/aromatic N) is 3. The molecule has 2 rings (SSSR count). The maximum Gasteiger partial charge on any atom is 0.150 e. The van der Waals surface area contributed by atoms with Gasteiger partial charge in [-0.1, -0.05) is 30.9 Å². The molecule has 0 saturated heterocycles. The first kappa shape index (κ1) is 15.3. The van der Waals surface area contributed by atoms with Gasteiger partial charge in [-0.05, 0) is 32.9 Å². The van der Waals surface area contributed by atoms with Gasteiger partial charge in [-0.25, -0.2) is 9.97 Å². The van der Waals surface area contributed by atoms with Crippen molar-refractivity contribution in [3.05, 3.63) is 11.3 Å². The molecule has 1 aromatic heterocycles. The minimum Gasteiger partial charge on any atom is -0.382 e. The highest BCUT2D eigenvalue weighted by atomic mass is 35.5. The first-order chi connectivity index (χ1) is 9.68. The summed E-state index contributed by atoms with van der Waals surface area (Å²) in [4.78, 5) is 10.4. The number of hydrogen-bond acceptors (Lipinski definition) is 5. The molecule has 3 N–H and O–H groups in total. The molecule has 6 heteroatoms. The number of nitrogen functional groups attached to an aromatic ring is 1. The molecule has 0 atom stereocenters. The lowest BCUT2D eigenvalue weighted by molar-refractivity contribution is 0.191. The van der Waals surface area contributed by atoms with E-state index in [1.54, 1.807) is 0 Å². The molecular weight excluding hydrogens is 274 g/mol. The zero-order valence-electron chi connectivity index (χ0n) is 12.1. The van der Waals surface area contributed by atoms with Gasteiger partial charge in [-0.3, -0.25) is 0 Å². The Bertz CT molecular complexity index is 420. The Hall–Kier alpha value is -1.07. The quantitative estimate of drug-likeness (QED) is 0.790. The number of rotatable bonds is 6. The number of anilines is 2. The highest BCUT2D eigenvalue weighted by Crippen LogP contribution is 2.23. The molecule has 0 spiro atoms. The van der Waals surface area contributed by atoms with E-state index < -0.39 is 0 Å². The van der Waals surface area contributed by atoms with Crippen LogP contribution in [-0.4, -0.2) is 41.0 Å². The molecule has 1 heterocycles. The summed E-state index contributed by atoms with van der Waals surface area (Å²) in [5.41, 5.74) is 5.64. The van der Waals surface area contributed by atoms with Crippen molar-refractivity contribution < 1.29 is 0 Å². The summed E-state index contributed by atoms with van der Waals surface area (Å²) in [5.74, 6) is 0.947. The number of halogens is 1. The second-order valence-electron chi connectivity index (χ2n) is 5.47. The molecule has 0 aromatic carbocycles. The Kier molecular flexibility index (Phi) is 5.86. The van der Waals surface area contributed by atoms with E-state index in [9.17, 15) is 0 Å². The largest absolute Gasteiger partial charge is 0.382 e. The van der Waals surface area contributed by atoms with E-state index in [1.807, 2.05) is 0 Å². The van der Waals surface area contributed by atoms with Crippen LogP contribution in [0.2, 0.25) is 5.02 Å². The molecule has 0 radical (unpaired) electrons. The average Bonchev–Trinajstić information content (AvgIpc) is 2.48. The van der Waals surface area contributed by atoms with E-state index in [-0.39, 0.29) is 0 Å². The summed E-state index contributed by atoms with van der Waals surface area (Å²) in [7, 11) is 2.23. The molecule has 0 unspecified atom stereocenters. The fourth-order valence-electron chi connectivity index (χ4n) is 2.75. The van der Waals surface area contributed by atoms with Gasteiger partial charge in [0.2, 0.25) is 0 Å². The van der Waals surface area contributed by atoms with Crippen molar-refractivity contribution in [1.29, 1.82) is 0 Å². The molecule has 5 nitrogen and oxygen atoms in total. The van der Waals surface area contributed by atoms with Crippen molar-refractivity contribution in [1.82, 2.24) is 14.9 Å². The molecule has 1 aromatic rings. The molecule has 0 aliphatic heterocycles. The predicted octanol–water partition coefficient (Wildman–Crippen LogP) is 2.78. The topological polar surface area (TPSA) is 67.1 Å². The fraction of sp³-hybridized carbons (Fsp3) is 0.714. The van der Waals surface area contributed by atoms with Crippen LogP contribution in [0.15, 0.2) is 6.33 Å². The van der Waals surface area contributed by atoms with Crippen molar-refractivity contribution in [3.8, 4) is 0 Å². The van der Waals surface area contributed by atoms with Crippen LogP contribution in [0.3, 0.4) is 0 Å². The van der Waals surface area contributed by atoms with Crippen LogP contribution in [0, 0.1) is 0 Å². The van der Waals surface area contributed by atoms with Crippen molar-refractivity contribution >= 4 is 23.2 Å². The predicted molar refractivity (Wildman–Crippen MR) is 84.1 cm³/mol. The lowest BCUT2D eigenvalue weighted by Crippen LogP contribution is -2.34. The Morgan fingerprint density at radius 1 is 1.35 bits per heavy atom. The van der Waals surface area contributed by atoms with E-state index >= 15 is 0 Å². The van der Waals surface area contributed by atoms with Gasteiger partial charge in [-0.2, -0.15) is 0 Å². The molecule has 1 aliphatic rings. The van der Waals surface area contributed by atoms with Crippen LogP contribution in [-0.2, 0) is 0 Å². The van der Waals surface area contributed by atoms with Gasteiger partial charge in [0.25, 0.3) is 0 Å². The maximum absolute atomic E-state index is 6.03. The third-order valence-corrected chi connectivity index (χ3v) is 4.37. The van der Waals surface area contributed by atoms with Crippen LogP contribution >= 0.6 is 11.6 Å². The summed E-state index contributed by atoms with van der Waals surface area (Å²) in [6.45, 7) is 1.93. The summed E-state index contributed by atoms with van der Waals surface area (Å²) < 4.78 is 0. The van der Waals surface area contributed by atoms with E-state index in [0.29, 0.717) is 16.7 Å². The van der Waals surface area contributed by atoms with Gasteiger partial charge >= 0.3 is 0 Å². The standard InChI is InChI=1S/C14H24ClN5/c1-20(11-6-3-2-4-7-11)9-5-8-17-14-12(15)13(16)18-10-19-14/h10-11H,2-9H2,1H3,(H3,16,17,18,19). The summed E-state index contributed by atoms with van der Waals surface area (Å²) in [6.07, 6.45) is 9.34. The van der Waals surface area contributed by atoms with Gasteiger partial charge in [0.05, 0.1) is 0 Å². The highest BCUT2D eigenvalue weighted by Gasteiger charge is 2.17. The fourth-order valence-corrected chi connectivity index (χ4v) is 2.91. The summed E-state index contributed by atoms with van der Waals surface area (Å²) in [6, 6.07) is 0.766. The molecule has 1 saturated carbocycles. The summed E-state index contributed by atoms with van der Waals surface area (Å²) in [5, 5.41) is 3.63. The monoisotopic (exact) mass is 297 g/mol. The van der Waals surface area contributed by atoms with Gasteiger partial charge in [0.15, 0.2) is 0 Å². The molecule has 20 heavy (non-hydrogen) atoms. The van der Waals surface area contributed by atoms with Crippen LogP contribution in [0.5, 0.6) is 0 Å². The number of nitrogens with one attached hydrogen (secondary N) is 1. The second kappa shape index (κ2) is 7.64. The van der Waals surface area contributed by atoms with Crippen LogP contribution < -0.4 is 11.1 Å². The molecular formula is C14H24ClN5. The summed E-state index contributed by atoms with van der Waals surface area (Å²) >= 11 is 6.03. The SMILES string of the molecule is CN(CCCNc1ncnc(N)c1Cl)C1CCCCC1. The molecule has 1 aliphatic carbocycles. The van der Waals surface area contributed by atoms with Gasteiger partial charge in [0, 0.05) is 12.6 Å². The molecule has 1 fully saturated rings. The smallest absolute Gasteiger partial charge is 0.150 e. The number of nitrogens with two attached hydrogens (primary N) is 1. The average molecular weight is 298 g/mol. The van der Waals surface area contributed by atoms with Gasteiger partial charge < -0.3 is 16.0 Å². The highest BCUT2D eigenvalue weighted by molar-refractivity contribution is 6.35. The van der Waals surface area contributed by atoms with Gasteiger partial charge in [-0.15, -0.1) is 0 Å². The van der Waals surface area contributed by atoms with Crippen molar-refractivity contribution in [2.45, 2.75) is 44.6 Å². The van der Waals surface area contributed by atoms with E-state index in [0.717, 1.165) is 25.6 Å². The Labute approximate surface area is 125 Å². The third-order valence-electron chi connectivity index (χ3n) is 3.99. The normalized spacial score (nSPS) is 16.6. The Morgan fingerprint density at radius 2 is 2.10 bits per heavy atom. The lowest BCUT2D eigenvalue weighted by atomic mass is 9.94. The molecule has 0 amide bonds. The van der Waals surface area contributed by atoms with E-state index in [2.05, 4.69) is 27.2 Å². The third kappa shape index (κ3) is 4.21. The first-order valence-corrected chi connectivity index (χ1v) is 7.76. The Balaban J connectivity index is 1.69. The first-order valence-electron chi connectivity index (χ1n) is 7.38. The zero-order chi connectivity index (χ0) is 14.4. The van der Waals surface area contributed by atoms with Crippen LogP contribution in [0.25, 0.3) is 0 Å². The zero-order valence-corrected chi connectivity index (χ0v) is 12.9. The minimum atomic E-state index is 0.323. The molecule has 112 valence electrons. The van der Waals surface area contributed by atoms with Gasteiger partial charge in [0.1, 0.15) is 23.0 Å². The second-order valence-corrected chi connectivity index (χ2v) is 5.85. The number of aromatic nitrogens is 2. The van der Waals surface area contributed by atoms with E-state index in [1.165, 1.54) is 38.4 Å². The van der Waals surface area contributed by atoms with Crippen LogP contribution in [0.1, 0.15) is 38.5 Å². The number of hydrogen-bond donors (Lipinski definition) is 2. The minimum absolute atomic E-state index is 0.323. The van der Waals surface area contributed by atoms with Crippen LogP contribution in [0.4, 0.5) is 11.6 Å². The van der Waals surface area contributed by atoms with Crippen molar-refractivity contribution in [2.24, 2.45) is 0 Å². The Morgan fingerprint density at radius 3 is 2.85 bits per heavy atom. The van der Waals surface area contributed by atoms with Crippen molar-refractivity contribution in [3.63, 3.8) is 0 Å². The lowest BCUT2D eigenvalue weighted by Gasteiger charge is -2.31. The molecule has 0 bridgehead atoms.